The molecule has 5 heteroatoms. The molecule has 0 N–H and O–H groups in total. The molecule has 2 fully saturated rings. The zero-order valence-corrected chi connectivity index (χ0v) is 15.7. The van der Waals surface area contributed by atoms with Gasteiger partial charge in [-0.3, -0.25) is 4.90 Å². The summed E-state index contributed by atoms with van der Waals surface area (Å²) in [7, 11) is 3.52. The molecule has 140 valence electrons. The van der Waals surface area contributed by atoms with Crippen LogP contribution < -0.4 is 9.47 Å². The van der Waals surface area contributed by atoms with Gasteiger partial charge in [0.15, 0.2) is 11.5 Å². The molecule has 1 aliphatic carbocycles. The molecule has 1 aromatic rings. The Balaban J connectivity index is 1.74. The maximum Gasteiger partial charge on any atom is 0.161 e. The van der Waals surface area contributed by atoms with Gasteiger partial charge in [0.2, 0.25) is 0 Å². The zero-order valence-electron chi connectivity index (χ0n) is 15.7. The maximum atomic E-state index is 5.81. The van der Waals surface area contributed by atoms with Crippen molar-refractivity contribution >= 4 is 0 Å². The molecule has 3 rings (SSSR count). The molecule has 0 spiro atoms. The minimum Gasteiger partial charge on any atom is -0.493 e. The summed E-state index contributed by atoms with van der Waals surface area (Å²) < 4.78 is 22.7. The SMILES string of the molecule is CCOc1cc(CN2CCOC[C@@H]2[C@H]2CCC[C@H]2OC)ccc1OC. The molecule has 0 radical (unpaired) electrons. The van der Waals surface area contributed by atoms with E-state index >= 15 is 0 Å². The van der Waals surface area contributed by atoms with Crippen molar-refractivity contribution in [3.05, 3.63) is 23.8 Å². The second-order valence-corrected chi connectivity index (χ2v) is 6.90. The van der Waals surface area contributed by atoms with Crippen LogP contribution in [-0.4, -0.2) is 57.6 Å². The topological polar surface area (TPSA) is 40.2 Å². The van der Waals surface area contributed by atoms with Crippen LogP contribution in [0, 0.1) is 5.92 Å². The number of methoxy groups -OCH3 is 2. The molecule has 1 saturated carbocycles. The predicted molar refractivity (Wildman–Crippen MR) is 97.3 cm³/mol. The van der Waals surface area contributed by atoms with Crippen LogP contribution in [0.4, 0.5) is 0 Å². The molecule has 1 aromatic carbocycles. The first-order valence-electron chi connectivity index (χ1n) is 9.41. The molecule has 0 aromatic heterocycles. The molecule has 0 bridgehead atoms. The largest absolute Gasteiger partial charge is 0.493 e. The fourth-order valence-corrected chi connectivity index (χ4v) is 4.26. The van der Waals surface area contributed by atoms with E-state index in [1.165, 1.54) is 24.8 Å². The number of hydrogen-bond donors (Lipinski definition) is 0. The van der Waals surface area contributed by atoms with Crippen molar-refractivity contribution in [1.29, 1.82) is 0 Å². The first-order chi connectivity index (χ1) is 12.3. The van der Waals surface area contributed by atoms with Gasteiger partial charge in [-0.05, 0) is 37.5 Å². The summed E-state index contributed by atoms with van der Waals surface area (Å²) in [5.74, 6) is 2.18. The third-order valence-electron chi connectivity index (χ3n) is 5.49. The van der Waals surface area contributed by atoms with Crippen LogP contribution in [0.5, 0.6) is 11.5 Å². The molecular weight excluding hydrogens is 318 g/mol. The Morgan fingerprint density at radius 1 is 1.20 bits per heavy atom. The van der Waals surface area contributed by atoms with Crippen LogP contribution in [-0.2, 0) is 16.0 Å². The summed E-state index contributed by atoms with van der Waals surface area (Å²) in [6.07, 6.45) is 4.02. The Morgan fingerprint density at radius 3 is 2.84 bits per heavy atom. The molecule has 0 amide bonds. The van der Waals surface area contributed by atoms with E-state index in [0.29, 0.717) is 24.7 Å². The van der Waals surface area contributed by atoms with Gasteiger partial charge in [0, 0.05) is 32.2 Å². The second-order valence-electron chi connectivity index (χ2n) is 6.90. The van der Waals surface area contributed by atoms with Crippen LogP contribution in [0.3, 0.4) is 0 Å². The fraction of sp³-hybridized carbons (Fsp3) is 0.700. The number of ether oxygens (including phenoxy) is 4. The van der Waals surface area contributed by atoms with Gasteiger partial charge < -0.3 is 18.9 Å². The first-order valence-corrected chi connectivity index (χ1v) is 9.41. The molecule has 25 heavy (non-hydrogen) atoms. The molecule has 1 saturated heterocycles. The third-order valence-corrected chi connectivity index (χ3v) is 5.49. The van der Waals surface area contributed by atoms with E-state index in [9.17, 15) is 0 Å². The Labute approximate surface area is 151 Å². The highest BCUT2D eigenvalue weighted by Crippen LogP contribution is 2.35. The lowest BCUT2D eigenvalue weighted by atomic mass is 9.93. The van der Waals surface area contributed by atoms with Gasteiger partial charge in [0.1, 0.15) is 0 Å². The molecule has 2 aliphatic rings. The highest BCUT2D eigenvalue weighted by atomic mass is 16.5. The Bertz CT molecular complexity index is 550. The molecule has 0 unspecified atom stereocenters. The lowest BCUT2D eigenvalue weighted by Crippen LogP contribution is -2.50. The van der Waals surface area contributed by atoms with Crippen molar-refractivity contribution in [2.24, 2.45) is 5.92 Å². The summed E-state index contributed by atoms with van der Waals surface area (Å²) in [6, 6.07) is 6.68. The van der Waals surface area contributed by atoms with Crippen molar-refractivity contribution in [1.82, 2.24) is 4.90 Å². The van der Waals surface area contributed by atoms with E-state index in [2.05, 4.69) is 17.0 Å². The van der Waals surface area contributed by atoms with Gasteiger partial charge in [-0.2, -0.15) is 0 Å². The quantitative estimate of drug-likeness (QED) is 0.756. The Kier molecular flexibility index (Phi) is 6.57. The average molecular weight is 349 g/mol. The summed E-state index contributed by atoms with van der Waals surface area (Å²) >= 11 is 0. The fourth-order valence-electron chi connectivity index (χ4n) is 4.26. The van der Waals surface area contributed by atoms with Crippen LogP contribution in [0.25, 0.3) is 0 Å². The van der Waals surface area contributed by atoms with Crippen molar-refractivity contribution < 1.29 is 18.9 Å². The highest BCUT2D eigenvalue weighted by Gasteiger charge is 2.38. The van der Waals surface area contributed by atoms with Gasteiger partial charge in [-0.15, -0.1) is 0 Å². The van der Waals surface area contributed by atoms with Gasteiger partial charge in [-0.1, -0.05) is 12.5 Å². The predicted octanol–water partition coefficient (Wildman–Crippen LogP) is 3.11. The maximum absolute atomic E-state index is 5.81. The minimum atomic E-state index is 0.365. The van der Waals surface area contributed by atoms with E-state index in [1.807, 2.05) is 20.1 Å². The summed E-state index contributed by atoms with van der Waals surface area (Å²) in [5, 5.41) is 0. The lowest BCUT2D eigenvalue weighted by Gasteiger charge is -2.40. The van der Waals surface area contributed by atoms with E-state index in [0.717, 1.165) is 37.8 Å². The van der Waals surface area contributed by atoms with Crippen molar-refractivity contribution in [3.8, 4) is 11.5 Å². The summed E-state index contributed by atoms with van der Waals surface area (Å²) in [4.78, 5) is 2.56. The number of morpholine rings is 1. The lowest BCUT2D eigenvalue weighted by molar-refractivity contribution is -0.0608. The molecule has 5 nitrogen and oxygen atoms in total. The first kappa shape index (κ1) is 18.5. The van der Waals surface area contributed by atoms with Crippen LogP contribution >= 0.6 is 0 Å². The molecular formula is C20H31NO4. The Morgan fingerprint density at radius 2 is 2.08 bits per heavy atom. The monoisotopic (exact) mass is 349 g/mol. The molecule has 1 aliphatic heterocycles. The molecule has 3 atom stereocenters. The van der Waals surface area contributed by atoms with E-state index in [1.54, 1.807) is 7.11 Å². The van der Waals surface area contributed by atoms with Crippen LogP contribution in [0.1, 0.15) is 31.7 Å². The van der Waals surface area contributed by atoms with Crippen LogP contribution in [0.15, 0.2) is 18.2 Å². The van der Waals surface area contributed by atoms with Crippen molar-refractivity contribution in [3.63, 3.8) is 0 Å². The number of nitrogens with zero attached hydrogens (tertiary/aromatic N) is 1. The van der Waals surface area contributed by atoms with Gasteiger partial charge >= 0.3 is 0 Å². The van der Waals surface area contributed by atoms with Gasteiger partial charge in [-0.25, -0.2) is 0 Å². The van der Waals surface area contributed by atoms with E-state index < -0.39 is 0 Å². The Hall–Kier alpha value is -1.30. The van der Waals surface area contributed by atoms with E-state index in [-0.39, 0.29) is 0 Å². The third kappa shape index (κ3) is 4.27. The highest BCUT2D eigenvalue weighted by molar-refractivity contribution is 5.43. The minimum absolute atomic E-state index is 0.365. The smallest absolute Gasteiger partial charge is 0.161 e. The van der Waals surface area contributed by atoms with Crippen LogP contribution in [0.2, 0.25) is 0 Å². The normalized spacial score (nSPS) is 27.4. The van der Waals surface area contributed by atoms with Gasteiger partial charge in [0.05, 0.1) is 33.0 Å². The number of rotatable bonds is 7. The van der Waals surface area contributed by atoms with Crippen molar-refractivity contribution in [2.75, 3.05) is 40.6 Å². The second kappa shape index (κ2) is 8.88. The average Bonchev–Trinajstić information content (AvgIpc) is 3.11. The zero-order chi connectivity index (χ0) is 17.6. The van der Waals surface area contributed by atoms with Crippen molar-refractivity contribution in [2.45, 2.75) is 44.9 Å². The number of hydrogen-bond acceptors (Lipinski definition) is 5. The summed E-state index contributed by atoms with van der Waals surface area (Å²) in [5.41, 5.74) is 1.25. The number of benzene rings is 1. The summed E-state index contributed by atoms with van der Waals surface area (Å²) in [6.45, 7) is 6.11. The van der Waals surface area contributed by atoms with Gasteiger partial charge in [0.25, 0.3) is 0 Å². The standard InChI is InChI=1S/C20H31NO4/c1-4-25-20-12-15(8-9-19(20)23-3)13-21-10-11-24-14-17(21)16-6-5-7-18(16)22-2/h8-9,12,16-18H,4-7,10-11,13-14H2,1-3H3/t16-,17-,18-/m1/s1. The van der Waals surface area contributed by atoms with E-state index in [4.69, 9.17) is 18.9 Å². The molecule has 1 heterocycles.